The van der Waals surface area contributed by atoms with Crippen LogP contribution in [-0.4, -0.2) is 11.7 Å². The van der Waals surface area contributed by atoms with Crippen LogP contribution in [0.2, 0.25) is 0 Å². The second-order valence-electron chi connectivity index (χ2n) is 4.96. The first kappa shape index (κ1) is 14.5. The smallest absolute Gasteiger partial charge is 0.170 e. The lowest BCUT2D eigenvalue weighted by Gasteiger charge is -2.16. The minimum absolute atomic E-state index is 0.424. The summed E-state index contributed by atoms with van der Waals surface area (Å²) < 4.78 is 0. The average Bonchev–Trinajstić information content (AvgIpc) is 2.48. The van der Waals surface area contributed by atoms with Gasteiger partial charge >= 0.3 is 0 Å². The van der Waals surface area contributed by atoms with Crippen molar-refractivity contribution in [3.05, 3.63) is 65.7 Å². The van der Waals surface area contributed by atoms with Gasteiger partial charge in [0.05, 0.1) is 0 Å². The molecule has 20 heavy (non-hydrogen) atoms. The minimum Gasteiger partial charge on any atom is -0.362 e. The maximum absolute atomic E-state index is 5.34. The Hall–Kier alpha value is -1.87. The van der Waals surface area contributed by atoms with Crippen LogP contribution in [0.1, 0.15) is 24.0 Å². The van der Waals surface area contributed by atoms with Gasteiger partial charge < -0.3 is 10.6 Å². The lowest BCUT2D eigenvalue weighted by molar-refractivity contribution is 0.723. The molecule has 0 fully saturated rings. The summed E-state index contributed by atoms with van der Waals surface area (Å²) in [6, 6.07) is 18.6. The van der Waals surface area contributed by atoms with Crippen LogP contribution in [0.15, 0.2) is 54.6 Å². The maximum atomic E-state index is 5.34. The van der Waals surface area contributed by atoms with Crippen molar-refractivity contribution in [2.75, 3.05) is 11.9 Å². The molecule has 2 nitrogen and oxygen atoms in total. The van der Waals surface area contributed by atoms with Crippen LogP contribution in [0, 0.1) is 6.92 Å². The highest BCUT2D eigenvalue weighted by Gasteiger charge is 2.06. The van der Waals surface area contributed by atoms with E-state index in [0.717, 1.165) is 12.2 Å². The van der Waals surface area contributed by atoms with E-state index in [2.05, 4.69) is 54.8 Å². The summed E-state index contributed by atoms with van der Waals surface area (Å²) in [5.41, 5.74) is 3.56. The molecule has 104 valence electrons. The van der Waals surface area contributed by atoms with Gasteiger partial charge in [0.25, 0.3) is 0 Å². The molecule has 0 aliphatic rings. The van der Waals surface area contributed by atoms with Gasteiger partial charge in [-0.05, 0) is 42.3 Å². The third-order valence-corrected chi connectivity index (χ3v) is 3.58. The largest absolute Gasteiger partial charge is 0.362 e. The summed E-state index contributed by atoms with van der Waals surface area (Å²) in [4.78, 5) is 0. The Morgan fingerprint density at radius 2 is 1.70 bits per heavy atom. The van der Waals surface area contributed by atoms with Gasteiger partial charge in [-0.3, -0.25) is 0 Å². The van der Waals surface area contributed by atoms with E-state index in [4.69, 9.17) is 12.2 Å². The van der Waals surface area contributed by atoms with E-state index in [0.29, 0.717) is 11.0 Å². The van der Waals surface area contributed by atoms with Crippen LogP contribution >= 0.6 is 12.2 Å². The third-order valence-electron chi connectivity index (χ3n) is 3.33. The van der Waals surface area contributed by atoms with E-state index in [9.17, 15) is 0 Å². The molecule has 0 aliphatic carbocycles. The molecule has 0 heterocycles. The minimum atomic E-state index is 0.424. The van der Waals surface area contributed by atoms with Crippen molar-refractivity contribution >= 4 is 23.0 Å². The predicted octanol–water partition coefficient (Wildman–Crippen LogP) is 4.09. The molecule has 0 aromatic heterocycles. The maximum Gasteiger partial charge on any atom is 0.170 e. The molecule has 0 unspecified atom stereocenters. The molecule has 2 aromatic rings. The Labute approximate surface area is 126 Å². The zero-order valence-electron chi connectivity index (χ0n) is 11.9. The zero-order chi connectivity index (χ0) is 14.4. The van der Waals surface area contributed by atoms with Crippen LogP contribution in [0.25, 0.3) is 0 Å². The highest BCUT2D eigenvalue weighted by atomic mass is 32.1. The van der Waals surface area contributed by atoms with Crippen LogP contribution in [0.3, 0.4) is 0 Å². The van der Waals surface area contributed by atoms with Gasteiger partial charge in [-0.2, -0.15) is 0 Å². The number of thiocarbonyl (C=S) groups is 1. The van der Waals surface area contributed by atoms with Crippen molar-refractivity contribution in [3.8, 4) is 0 Å². The number of rotatable bonds is 4. The van der Waals surface area contributed by atoms with E-state index in [-0.39, 0.29) is 0 Å². The van der Waals surface area contributed by atoms with Crippen LogP contribution in [0.4, 0.5) is 5.69 Å². The molecule has 0 aliphatic heterocycles. The fourth-order valence-electron chi connectivity index (χ4n) is 2.02. The second-order valence-corrected chi connectivity index (χ2v) is 5.37. The van der Waals surface area contributed by atoms with Gasteiger partial charge in [-0.1, -0.05) is 55.5 Å². The van der Waals surface area contributed by atoms with Gasteiger partial charge in [0.2, 0.25) is 0 Å². The first-order valence-corrected chi connectivity index (χ1v) is 7.23. The van der Waals surface area contributed by atoms with Crippen molar-refractivity contribution in [3.63, 3.8) is 0 Å². The van der Waals surface area contributed by atoms with Gasteiger partial charge in [0.1, 0.15) is 0 Å². The van der Waals surface area contributed by atoms with Crippen LogP contribution < -0.4 is 10.6 Å². The van der Waals surface area contributed by atoms with Gasteiger partial charge in [0, 0.05) is 12.2 Å². The van der Waals surface area contributed by atoms with E-state index < -0.39 is 0 Å². The first-order chi connectivity index (χ1) is 9.66. The number of nitrogens with one attached hydrogen (secondary N) is 2. The standard InChI is InChI=1S/C17H20N2S/c1-13-8-6-7-11-16(13)19-17(20)18-12-14(2)15-9-4-3-5-10-15/h3-11,14H,12H2,1-2H3,(H2,18,19,20)/t14-/m0/s1. The lowest BCUT2D eigenvalue weighted by Crippen LogP contribution is -2.31. The van der Waals surface area contributed by atoms with E-state index in [1.165, 1.54) is 11.1 Å². The second kappa shape index (κ2) is 7.06. The molecule has 0 bridgehead atoms. The van der Waals surface area contributed by atoms with Crippen molar-refractivity contribution in [2.45, 2.75) is 19.8 Å². The molecule has 1 atom stereocenters. The first-order valence-electron chi connectivity index (χ1n) is 6.82. The number of hydrogen-bond acceptors (Lipinski definition) is 1. The third kappa shape index (κ3) is 4.07. The van der Waals surface area contributed by atoms with Crippen molar-refractivity contribution in [2.24, 2.45) is 0 Å². The normalized spacial score (nSPS) is 11.7. The fraction of sp³-hybridized carbons (Fsp3) is 0.235. The highest BCUT2D eigenvalue weighted by molar-refractivity contribution is 7.80. The summed E-state index contributed by atoms with van der Waals surface area (Å²) in [6.07, 6.45) is 0. The number of benzene rings is 2. The lowest BCUT2D eigenvalue weighted by atomic mass is 10.0. The molecule has 0 radical (unpaired) electrons. The summed E-state index contributed by atoms with van der Waals surface area (Å²) in [5.74, 6) is 0.424. The molecule has 2 rings (SSSR count). The van der Waals surface area contributed by atoms with Crippen LogP contribution in [-0.2, 0) is 0 Å². The molecular weight excluding hydrogens is 264 g/mol. The Balaban J connectivity index is 1.85. The molecule has 0 amide bonds. The predicted molar refractivity (Wildman–Crippen MR) is 90.3 cm³/mol. The molecular formula is C17H20N2S. The van der Waals surface area contributed by atoms with Crippen LogP contribution in [0.5, 0.6) is 0 Å². The average molecular weight is 284 g/mol. The van der Waals surface area contributed by atoms with Gasteiger partial charge in [0.15, 0.2) is 5.11 Å². The van der Waals surface area contributed by atoms with E-state index in [1.54, 1.807) is 0 Å². The number of hydrogen-bond donors (Lipinski definition) is 2. The Bertz CT molecular complexity index is 566. The highest BCUT2D eigenvalue weighted by Crippen LogP contribution is 2.14. The molecule has 2 N–H and O–H groups in total. The zero-order valence-corrected chi connectivity index (χ0v) is 12.7. The number of aryl methyl sites for hydroxylation is 1. The number of anilines is 1. The topological polar surface area (TPSA) is 24.1 Å². The van der Waals surface area contributed by atoms with Crippen molar-refractivity contribution < 1.29 is 0 Å². The fourth-order valence-corrected chi connectivity index (χ4v) is 2.22. The quantitative estimate of drug-likeness (QED) is 0.827. The van der Waals surface area contributed by atoms with E-state index >= 15 is 0 Å². The summed E-state index contributed by atoms with van der Waals surface area (Å²) in [6.45, 7) is 5.08. The number of para-hydroxylation sites is 1. The van der Waals surface area contributed by atoms with E-state index in [1.807, 2.05) is 24.3 Å². The molecule has 2 aromatic carbocycles. The summed E-state index contributed by atoms with van der Waals surface area (Å²) in [7, 11) is 0. The van der Waals surface area contributed by atoms with Crippen molar-refractivity contribution in [1.29, 1.82) is 0 Å². The molecule has 0 spiro atoms. The Morgan fingerprint density at radius 1 is 1.05 bits per heavy atom. The summed E-state index contributed by atoms with van der Waals surface area (Å²) in [5, 5.41) is 7.18. The monoisotopic (exact) mass is 284 g/mol. The molecule has 0 saturated carbocycles. The molecule has 3 heteroatoms. The summed E-state index contributed by atoms with van der Waals surface area (Å²) >= 11 is 5.34. The van der Waals surface area contributed by atoms with Gasteiger partial charge in [-0.25, -0.2) is 0 Å². The Morgan fingerprint density at radius 3 is 2.40 bits per heavy atom. The SMILES string of the molecule is Cc1ccccc1NC(=S)NC[C@H](C)c1ccccc1. The van der Waals surface area contributed by atoms with Gasteiger partial charge in [-0.15, -0.1) is 0 Å². The Kier molecular flexibility index (Phi) is 5.13. The van der Waals surface area contributed by atoms with Crippen molar-refractivity contribution in [1.82, 2.24) is 5.32 Å². The molecule has 0 saturated heterocycles.